The normalized spacial score (nSPS) is 28.6. The molecule has 1 saturated carbocycles. The van der Waals surface area contributed by atoms with Gasteiger partial charge in [0.2, 0.25) is 5.91 Å². The predicted molar refractivity (Wildman–Crippen MR) is 77.6 cm³/mol. The molecule has 1 aliphatic heterocycles. The molecular weight excluding hydrogens is 252 g/mol. The predicted octanol–water partition coefficient (Wildman–Crippen LogP) is 1.80. The van der Waals surface area contributed by atoms with Crippen LogP contribution in [-0.4, -0.2) is 25.1 Å². The highest BCUT2D eigenvalue weighted by Gasteiger charge is 2.30. The smallest absolute Gasteiger partial charge is 0.231 e. The van der Waals surface area contributed by atoms with Gasteiger partial charge in [0.1, 0.15) is 18.3 Å². The van der Waals surface area contributed by atoms with Crippen LogP contribution in [0.3, 0.4) is 0 Å². The zero-order valence-corrected chi connectivity index (χ0v) is 11.7. The van der Waals surface area contributed by atoms with Crippen molar-refractivity contribution in [2.45, 2.75) is 37.6 Å². The Morgan fingerprint density at radius 2 is 2.20 bits per heavy atom. The Balaban J connectivity index is 1.55. The van der Waals surface area contributed by atoms with E-state index in [0.717, 1.165) is 30.7 Å². The van der Waals surface area contributed by atoms with Gasteiger partial charge in [0, 0.05) is 18.2 Å². The molecule has 4 nitrogen and oxygen atoms in total. The van der Waals surface area contributed by atoms with Gasteiger partial charge in [0.05, 0.1) is 0 Å². The standard InChI is InChI=1S/C16H22N2O2/c17-12-5-3-4-11(8-12)9-18-16(19)14-10-20-15-7-2-1-6-13(14)15/h1-2,6-7,11-12,14H,3-5,8-10,17H2,(H,18,19). The molecule has 1 heterocycles. The first-order chi connectivity index (χ1) is 9.74. The molecule has 3 unspecified atom stereocenters. The van der Waals surface area contributed by atoms with E-state index in [9.17, 15) is 4.79 Å². The first kappa shape index (κ1) is 13.4. The molecule has 1 aromatic rings. The number of para-hydroxylation sites is 1. The minimum Gasteiger partial charge on any atom is -0.492 e. The number of hydrogen-bond donors (Lipinski definition) is 2. The first-order valence-corrected chi connectivity index (χ1v) is 7.49. The molecule has 0 saturated heterocycles. The SMILES string of the molecule is NC1CCCC(CNC(=O)C2COc3ccccc32)C1. The summed E-state index contributed by atoms with van der Waals surface area (Å²) >= 11 is 0. The largest absolute Gasteiger partial charge is 0.492 e. The number of nitrogens with one attached hydrogen (secondary N) is 1. The number of carbonyl (C=O) groups excluding carboxylic acids is 1. The van der Waals surface area contributed by atoms with E-state index >= 15 is 0 Å². The van der Waals surface area contributed by atoms with Crippen molar-refractivity contribution in [2.75, 3.05) is 13.2 Å². The number of fused-ring (bicyclic) bond motifs is 1. The average Bonchev–Trinajstić information content (AvgIpc) is 2.89. The maximum atomic E-state index is 12.3. The number of hydrogen-bond acceptors (Lipinski definition) is 3. The summed E-state index contributed by atoms with van der Waals surface area (Å²) in [4.78, 5) is 12.3. The number of nitrogens with two attached hydrogens (primary N) is 1. The second-order valence-corrected chi connectivity index (χ2v) is 5.94. The van der Waals surface area contributed by atoms with Crippen LogP contribution < -0.4 is 15.8 Å². The van der Waals surface area contributed by atoms with Crippen molar-refractivity contribution in [3.63, 3.8) is 0 Å². The molecule has 0 spiro atoms. The minimum absolute atomic E-state index is 0.0779. The van der Waals surface area contributed by atoms with E-state index < -0.39 is 0 Å². The van der Waals surface area contributed by atoms with Gasteiger partial charge in [-0.1, -0.05) is 24.6 Å². The van der Waals surface area contributed by atoms with E-state index in [1.54, 1.807) is 0 Å². The van der Waals surface area contributed by atoms with Crippen molar-refractivity contribution in [1.29, 1.82) is 0 Å². The van der Waals surface area contributed by atoms with Crippen molar-refractivity contribution < 1.29 is 9.53 Å². The third kappa shape index (κ3) is 2.80. The Morgan fingerprint density at radius 1 is 1.35 bits per heavy atom. The van der Waals surface area contributed by atoms with Crippen LogP contribution in [0.5, 0.6) is 5.75 Å². The molecule has 4 heteroatoms. The molecule has 0 radical (unpaired) electrons. The molecule has 1 aliphatic carbocycles. The van der Waals surface area contributed by atoms with Crippen LogP contribution >= 0.6 is 0 Å². The van der Waals surface area contributed by atoms with Crippen LogP contribution in [0.15, 0.2) is 24.3 Å². The lowest BCUT2D eigenvalue weighted by Gasteiger charge is -2.27. The maximum absolute atomic E-state index is 12.3. The first-order valence-electron chi connectivity index (χ1n) is 7.49. The number of ether oxygens (including phenoxy) is 1. The Kier molecular flexibility index (Phi) is 3.92. The fourth-order valence-corrected chi connectivity index (χ4v) is 3.27. The van der Waals surface area contributed by atoms with Crippen molar-refractivity contribution in [3.8, 4) is 5.75 Å². The Labute approximate surface area is 119 Å². The Morgan fingerprint density at radius 3 is 3.05 bits per heavy atom. The summed E-state index contributed by atoms with van der Waals surface area (Å²) in [6, 6.07) is 8.09. The molecule has 2 aliphatic rings. The van der Waals surface area contributed by atoms with E-state index in [1.807, 2.05) is 24.3 Å². The minimum atomic E-state index is -0.163. The zero-order chi connectivity index (χ0) is 13.9. The molecule has 1 amide bonds. The highest BCUT2D eigenvalue weighted by atomic mass is 16.5. The third-order valence-corrected chi connectivity index (χ3v) is 4.40. The van der Waals surface area contributed by atoms with Crippen LogP contribution in [0, 0.1) is 5.92 Å². The number of benzene rings is 1. The van der Waals surface area contributed by atoms with E-state index in [4.69, 9.17) is 10.5 Å². The van der Waals surface area contributed by atoms with Crippen molar-refractivity contribution >= 4 is 5.91 Å². The molecule has 108 valence electrons. The van der Waals surface area contributed by atoms with Crippen LogP contribution in [0.4, 0.5) is 0 Å². The highest BCUT2D eigenvalue weighted by molar-refractivity contribution is 5.85. The maximum Gasteiger partial charge on any atom is 0.231 e. The summed E-state index contributed by atoms with van der Waals surface area (Å²) in [6.45, 7) is 1.20. The van der Waals surface area contributed by atoms with Crippen LogP contribution in [0.2, 0.25) is 0 Å². The van der Waals surface area contributed by atoms with Crippen molar-refractivity contribution in [2.24, 2.45) is 11.7 Å². The summed E-state index contributed by atoms with van der Waals surface area (Å²) in [5, 5.41) is 3.08. The monoisotopic (exact) mass is 274 g/mol. The third-order valence-electron chi connectivity index (χ3n) is 4.40. The molecule has 1 aromatic carbocycles. The summed E-state index contributed by atoms with van der Waals surface area (Å²) in [5.41, 5.74) is 6.99. The van der Waals surface area contributed by atoms with Crippen molar-refractivity contribution in [1.82, 2.24) is 5.32 Å². The fourth-order valence-electron chi connectivity index (χ4n) is 3.27. The Bertz CT molecular complexity index is 489. The van der Waals surface area contributed by atoms with Crippen LogP contribution in [0.1, 0.15) is 37.2 Å². The molecule has 3 N–H and O–H groups in total. The number of carbonyl (C=O) groups is 1. The van der Waals surface area contributed by atoms with Gasteiger partial charge < -0.3 is 15.8 Å². The molecule has 0 bridgehead atoms. The van der Waals surface area contributed by atoms with Crippen molar-refractivity contribution in [3.05, 3.63) is 29.8 Å². The summed E-state index contributed by atoms with van der Waals surface area (Å²) in [6.07, 6.45) is 4.50. The topological polar surface area (TPSA) is 64.3 Å². The summed E-state index contributed by atoms with van der Waals surface area (Å²) in [7, 11) is 0. The number of rotatable bonds is 3. The van der Waals surface area contributed by atoms with Gasteiger partial charge in [-0.25, -0.2) is 0 Å². The van der Waals surface area contributed by atoms with Gasteiger partial charge in [-0.3, -0.25) is 4.79 Å². The van der Waals surface area contributed by atoms with Crippen LogP contribution in [-0.2, 0) is 4.79 Å². The van der Waals surface area contributed by atoms with Gasteiger partial charge in [-0.15, -0.1) is 0 Å². The highest BCUT2D eigenvalue weighted by Crippen LogP contribution is 2.33. The summed E-state index contributed by atoms with van der Waals surface area (Å²) < 4.78 is 5.56. The Hall–Kier alpha value is -1.55. The van der Waals surface area contributed by atoms with E-state index in [1.165, 1.54) is 12.8 Å². The van der Waals surface area contributed by atoms with Gasteiger partial charge in [0.15, 0.2) is 0 Å². The molecule has 1 fully saturated rings. The average molecular weight is 274 g/mol. The lowest BCUT2D eigenvalue weighted by molar-refractivity contribution is -0.123. The van der Waals surface area contributed by atoms with E-state index in [0.29, 0.717) is 18.6 Å². The van der Waals surface area contributed by atoms with Gasteiger partial charge in [-0.05, 0) is 31.2 Å². The lowest BCUT2D eigenvalue weighted by atomic mass is 9.86. The molecule has 3 rings (SSSR count). The van der Waals surface area contributed by atoms with Gasteiger partial charge in [0.25, 0.3) is 0 Å². The molecular formula is C16H22N2O2. The quantitative estimate of drug-likeness (QED) is 0.883. The molecule has 20 heavy (non-hydrogen) atoms. The van der Waals surface area contributed by atoms with Gasteiger partial charge >= 0.3 is 0 Å². The number of amides is 1. The molecule has 0 aromatic heterocycles. The summed E-state index contributed by atoms with van der Waals surface area (Å²) in [5.74, 6) is 1.28. The lowest BCUT2D eigenvalue weighted by Crippen LogP contribution is -2.37. The zero-order valence-electron chi connectivity index (χ0n) is 11.7. The van der Waals surface area contributed by atoms with Gasteiger partial charge in [-0.2, -0.15) is 0 Å². The fraction of sp³-hybridized carbons (Fsp3) is 0.562. The second kappa shape index (κ2) is 5.83. The van der Waals surface area contributed by atoms with Crippen LogP contribution in [0.25, 0.3) is 0 Å². The van der Waals surface area contributed by atoms with E-state index in [-0.39, 0.29) is 11.8 Å². The van der Waals surface area contributed by atoms with E-state index in [2.05, 4.69) is 5.32 Å². The molecule has 3 atom stereocenters. The second-order valence-electron chi connectivity index (χ2n) is 5.94.